The first-order valence-corrected chi connectivity index (χ1v) is 9.79. The maximum atomic E-state index is 12.8. The first-order valence-electron chi connectivity index (χ1n) is 7.32. The van der Waals surface area contributed by atoms with Crippen molar-refractivity contribution in [2.24, 2.45) is 0 Å². The van der Waals surface area contributed by atoms with Crippen molar-refractivity contribution >= 4 is 27.7 Å². The van der Waals surface area contributed by atoms with Crippen LogP contribution in [0.5, 0.6) is 5.75 Å². The zero-order valence-corrected chi connectivity index (χ0v) is 15.0. The number of nitrogens with one attached hydrogen (secondary N) is 2. The van der Waals surface area contributed by atoms with Crippen molar-refractivity contribution in [1.82, 2.24) is 10.3 Å². The zero-order valence-electron chi connectivity index (χ0n) is 13.4. The van der Waals surface area contributed by atoms with Gasteiger partial charge in [-0.2, -0.15) is 0 Å². The third-order valence-corrected chi connectivity index (χ3v) is 5.23. The van der Waals surface area contributed by atoms with Crippen LogP contribution in [0.3, 0.4) is 0 Å². The number of hydrazine groups is 1. The fourth-order valence-electron chi connectivity index (χ4n) is 1.78. The molecule has 0 bridgehead atoms. The number of halogens is 1. The molecular weight excluding hydrogens is 367 g/mol. The molecule has 0 unspecified atom stereocenters. The van der Waals surface area contributed by atoms with Gasteiger partial charge in [0.05, 0.1) is 17.3 Å². The molecule has 2 aromatic rings. The van der Waals surface area contributed by atoms with Gasteiger partial charge >= 0.3 is 0 Å². The molecule has 0 radical (unpaired) electrons. The fourth-order valence-corrected chi connectivity index (χ4v) is 3.34. The lowest BCUT2D eigenvalue weighted by atomic mass is 10.3. The minimum absolute atomic E-state index is 0.00226. The molecule has 134 valence electrons. The molecule has 0 aliphatic heterocycles. The smallest absolute Gasteiger partial charge is 0.257 e. The lowest BCUT2D eigenvalue weighted by Gasteiger charge is -2.09. The van der Waals surface area contributed by atoms with Crippen LogP contribution in [-0.2, 0) is 14.8 Å². The summed E-state index contributed by atoms with van der Waals surface area (Å²) in [4.78, 5) is 14.5. The van der Waals surface area contributed by atoms with E-state index in [-0.39, 0.29) is 16.5 Å². The first-order chi connectivity index (χ1) is 11.9. The lowest BCUT2D eigenvalue weighted by molar-refractivity contribution is -0.119. The summed E-state index contributed by atoms with van der Waals surface area (Å²) in [6.07, 6.45) is 0. The van der Waals surface area contributed by atoms with Gasteiger partial charge in [0.15, 0.2) is 0 Å². The van der Waals surface area contributed by atoms with Gasteiger partial charge in [0.2, 0.25) is 5.91 Å². The molecule has 0 fully saturated rings. The highest BCUT2D eigenvalue weighted by atomic mass is 32.2. The maximum absolute atomic E-state index is 12.8. The summed E-state index contributed by atoms with van der Waals surface area (Å²) in [5, 5.41) is 0. The molecule has 0 saturated carbocycles. The van der Waals surface area contributed by atoms with E-state index in [4.69, 9.17) is 4.74 Å². The number of hydrogen-bond donors (Lipinski definition) is 2. The van der Waals surface area contributed by atoms with Crippen LogP contribution in [0, 0.1) is 5.82 Å². The van der Waals surface area contributed by atoms with Gasteiger partial charge in [0.1, 0.15) is 11.6 Å². The molecule has 0 heterocycles. The molecule has 6 nitrogen and oxygen atoms in total. The summed E-state index contributed by atoms with van der Waals surface area (Å²) in [7, 11) is -3.87. The summed E-state index contributed by atoms with van der Waals surface area (Å²) < 4.78 is 42.2. The average Bonchev–Trinajstić information content (AvgIpc) is 2.60. The van der Waals surface area contributed by atoms with Crippen LogP contribution in [0.25, 0.3) is 0 Å². The molecule has 0 saturated heterocycles. The standard InChI is InChI=1S/C16H17FN2O4S2/c1-2-23-13-5-9-15(10-6-13)25(21,22)19-18-16(20)11-24-14-7-3-12(17)4-8-14/h3-10,19H,2,11H2,1H3,(H,18,20). The Morgan fingerprint density at radius 2 is 1.76 bits per heavy atom. The third kappa shape index (κ3) is 6.04. The fraction of sp³-hybridized carbons (Fsp3) is 0.188. The first kappa shape index (κ1) is 19.2. The minimum Gasteiger partial charge on any atom is -0.494 e. The van der Waals surface area contributed by atoms with Gasteiger partial charge in [-0.05, 0) is 55.5 Å². The largest absolute Gasteiger partial charge is 0.494 e. The third-order valence-electron chi connectivity index (χ3n) is 2.95. The van der Waals surface area contributed by atoms with Gasteiger partial charge in [-0.3, -0.25) is 10.2 Å². The normalized spacial score (nSPS) is 11.1. The molecule has 1 amide bonds. The predicted octanol–water partition coefficient (Wildman–Crippen LogP) is 2.33. The number of amides is 1. The second kappa shape index (κ2) is 8.84. The quantitative estimate of drug-likeness (QED) is 0.539. The highest BCUT2D eigenvalue weighted by Gasteiger charge is 2.15. The van der Waals surface area contributed by atoms with E-state index in [9.17, 15) is 17.6 Å². The van der Waals surface area contributed by atoms with Crippen molar-refractivity contribution in [3.8, 4) is 5.75 Å². The summed E-state index contributed by atoms with van der Waals surface area (Å²) in [5.41, 5.74) is 2.14. The number of sulfonamides is 1. The van der Waals surface area contributed by atoms with E-state index in [1.54, 1.807) is 0 Å². The SMILES string of the molecule is CCOc1ccc(S(=O)(=O)NNC(=O)CSc2ccc(F)cc2)cc1. The van der Waals surface area contributed by atoms with E-state index in [1.807, 2.05) is 11.8 Å². The number of rotatable bonds is 8. The van der Waals surface area contributed by atoms with Crippen LogP contribution in [0.1, 0.15) is 6.92 Å². The van der Waals surface area contributed by atoms with Gasteiger partial charge in [-0.1, -0.05) is 0 Å². The van der Waals surface area contributed by atoms with Crippen molar-refractivity contribution in [3.05, 3.63) is 54.3 Å². The highest BCUT2D eigenvalue weighted by molar-refractivity contribution is 8.00. The Bertz CT molecular complexity index is 809. The second-order valence-corrected chi connectivity index (χ2v) is 7.53. The Hall–Kier alpha value is -2.10. The number of carbonyl (C=O) groups is 1. The van der Waals surface area contributed by atoms with E-state index >= 15 is 0 Å². The van der Waals surface area contributed by atoms with Crippen molar-refractivity contribution in [2.75, 3.05) is 12.4 Å². The van der Waals surface area contributed by atoms with Crippen LogP contribution in [0.2, 0.25) is 0 Å². The number of carbonyl (C=O) groups excluding carboxylic acids is 1. The number of ether oxygens (including phenoxy) is 1. The van der Waals surface area contributed by atoms with Crippen LogP contribution < -0.4 is 15.0 Å². The summed E-state index contributed by atoms with van der Waals surface area (Å²) in [5.74, 6) is -0.348. The summed E-state index contributed by atoms with van der Waals surface area (Å²) >= 11 is 1.16. The highest BCUT2D eigenvalue weighted by Crippen LogP contribution is 2.18. The van der Waals surface area contributed by atoms with E-state index in [0.717, 1.165) is 11.8 Å². The molecule has 2 rings (SSSR count). The van der Waals surface area contributed by atoms with Crippen LogP contribution in [0.15, 0.2) is 58.3 Å². The zero-order chi connectivity index (χ0) is 18.3. The van der Waals surface area contributed by atoms with E-state index < -0.39 is 15.9 Å². The maximum Gasteiger partial charge on any atom is 0.257 e. The van der Waals surface area contributed by atoms with Gasteiger partial charge in [0, 0.05) is 4.90 Å². The van der Waals surface area contributed by atoms with Gasteiger partial charge < -0.3 is 4.74 Å². The second-order valence-electron chi connectivity index (χ2n) is 4.80. The molecule has 0 spiro atoms. The van der Waals surface area contributed by atoms with Crippen LogP contribution >= 0.6 is 11.8 Å². The van der Waals surface area contributed by atoms with Gasteiger partial charge in [-0.25, -0.2) is 12.8 Å². The Labute approximate surface area is 149 Å². The molecule has 0 aliphatic carbocycles. The Kier molecular flexibility index (Phi) is 6.80. The van der Waals surface area contributed by atoms with E-state index in [1.165, 1.54) is 48.5 Å². The van der Waals surface area contributed by atoms with Crippen LogP contribution in [-0.4, -0.2) is 26.7 Å². The molecule has 2 N–H and O–H groups in total. The molecule has 0 aliphatic rings. The minimum atomic E-state index is -3.87. The molecular formula is C16H17FN2O4S2. The summed E-state index contributed by atoms with van der Waals surface area (Å²) in [6, 6.07) is 11.5. The average molecular weight is 384 g/mol. The van der Waals surface area contributed by atoms with Gasteiger partial charge in [0.25, 0.3) is 10.0 Å². The molecule has 0 aromatic heterocycles. The Morgan fingerprint density at radius 1 is 1.12 bits per heavy atom. The molecule has 9 heteroatoms. The topological polar surface area (TPSA) is 84.5 Å². The number of benzene rings is 2. The van der Waals surface area contributed by atoms with Crippen LogP contribution in [0.4, 0.5) is 4.39 Å². The monoisotopic (exact) mass is 384 g/mol. The van der Waals surface area contributed by atoms with Crippen molar-refractivity contribution < 1.29 is 22.3 Å². The summed E-state index contributed by atoms with van der Waals surface area (Å²) in [6.45, 7) is 2.30. The van der Waals surface area contributed by atoms with E-state index in [2.05, 4.69) is 5.43 Å². The molecule has 0 atom stereocenters. The molecule has 25 heavy (non-hydrogen) atoms. The van der Waals surface area contributed by atoms with Gasteiger partial charge in [-0.15, -0.1) is 16.6 Å². The predicted molar refractivity (Wildman–Crippen MR) is 93.2 cm³/mol. The Morgan fingerprint density at radius 3 is 2.36 bits per heavy atom. The number of thioether (sulfide) groups is 1. The molecule has 2 aromatic carbocycles. The van der Waals surface area contributed by atoms with Crippen molar-refractivity contribution in [3.63, 3.8) is 0 Å². The van der Waals surface area contributed by atoms with Crippen molar-refractivity contribution in [2.45, 2.75) is 16.7 Å². The number of hydrogen-bond acceptors (Lipinski definition) is 5. The lowest BCUT2D eigenvalue weighted by Crippen LogP contribution is -2.42. The Balaban J connectivity index is 1.85. The van der Waals surface area contributed by atoms with Crippen molar-refractivity contribution in [1.29, 1.82) is 0 Å². The van der Waals surface area contributed by atoms with E-state index in [0.29, 0.717) is 17.3 Å².